The third-order valence-electron chi connectivity index (χ3n) is 3.78. The van der Waals surface area contributed by atoms with Crippen molar-refractivity contribution in [1.29, 1.82) is 0 Å². The van der Waals surface area contributed by atoms with Gasteiger partial charge in [0.1, 0.15) is 10.4 Å². The van der Waals surface area contributed by atoms with Gasteiger partial charge in [-0.25, -0.2) is 4.79 Å². The predicted molar refractivity (Wildman–Crippen MR) is 114 cm³/mol. The number of carboxylic acid groups (broad SMARTS) is 1. The van der Waals surface area contributed by atoms with E-state index < -0.39 is 17.9 Å². The van der Waals surface area contributed by atoms with E-state index >= 15 is 0 Å². The average molecular weight is 425 g/mol. The normalized spacial score (nSPS) is 16.6. The second-order valence-electron chi connectivity index (χ2n) is 5.73. The average Bonchev–Trinajstić information content (AvgIpc) is 2.90. The van der Waals surface area contributed by atoms with Gasteiger partial charge in [-0.1, -0.05) is 54.3 Å². The topological polar surface area (TPSA) is 86.7 Å². The summed E-state index contributed by atoms with van der Waals surface area (Å²) < 4.78 is 0.396. The van der Waals surface area contributed by atoms with E-state index in [0.717, 1.165) is 5.56 Å². The first-order chi connectivity index (χ1) is 12.9. The van der Waals surface area contributed by atoms with Gasteiger partial charge in [-0.3, -0.25) is 14.5 Å². The molecule has 27 heavy (non-hydrogen) atoms. The first-order valence-corrected chi connectivity index (χ1v) is 10.9. The van der Waals surface area contributed by atoms with Crippen LogP contribution in [0.2, 0.25) is 0 Å². The number of rotatable bonds is 9. The minimum atomic E-state index is -1.06. The summed E-state index contributed by atoms with van der Waals surface area (Å²) in [4.78, 5) is 37.7. The molecule has 1 aliphatic heterocycles. The molecule has 1 heterocycles. The molecule has 6 nitrogen and oxygen atoms in total. The second kappa shape index (κ2) is 10.5. The Morgan fingerprint density at radius 2 is 2.07 bits per heavy atom. The highest BCUT2D eigenvalue weighted by atomic mass is 32.2. The quantitative estimate of drug-likeness (QED) is 0.465. The van der Waals surface area contributed by atoms with Crippen LogP contribution in [0.1, 0.15) is 18.4 Å². The van der Waals surface area contributed by atoms with E-state index in [1.54, 1.807) is 6.08 Å². The number of thioether (sulfide) groups is 2. The van der Waals surface area contributed by atoms with Crippen LogP contribution < -0.4 is 5.32 Å². The molecule has 0 unspecified atom stereocenters. The van der Waals surface area contributed by atoms with E-state index in [1.807, 2.05) is 36.6 Å². The number of hydrogen-bond donors (Lipinski definition) is 2. The van der Waals surface area contributed by atoms with Crippen molar-refractivity contribution in [2.24, 2.45) is 0 Å². The number of carboxylic acids is 1. The van der Waals surface area contributed by atoms with Crippen molar-refractivity contribution < 1.29 is 19.5 Å². The van der Waals surface area contributed by atoms with Gasteiger partial charge in [0, 0.05) is 13.0 Å². The molecular weight excluding hydrogens is 404 g/mol. The number of benzene rings is 1. The fourth-order valence-corrected chi connectivity index (χ4v) is 4.15. The molecule has 2 N–H and O–H groups in total. The first kappa shape index (κ1) is 21.5. The van der Waals surface area contributed by atoms with Gasteiger partial charge in [-0.15, -0.1) is 0 Å². The number of amides is 2. The molecule has 1 atom stereocenters. The molecule has 2 amide bonds. The molecule has 1 aliphatic rings. The smallest absolute Gasteiger partial charge is 0.326 e. The van der Waals surface area contributed by atoms with Crippen LogP contribution in [0.25, 0.3) is 6.08 Å². The lowest BCUT2D eigenvalue weighted by atomic mass is 10.2. The van der Waals surface area contributed by atoms with Crippen molar-refractivity contribution in [3.8, 4) is 0 Å². The summed E-state index contributed by atoms with van der Waals surface area (Å²) in [5.41, 5.74) is 0.897. The summed E-state index contributed by atoms with van der Waals surface area (Å²) in [6.07, 6.45) is 3.98. The largest absolute Gasteiger partial charge is 0.480 e. The standard InChI is InChI=1S/C18H20N2O4S3/c1-26-10-8-13(17(23)24)19-15(21)7-9-20-16(22)14(27-18(20)25)11-12-5-3-2-4-6-12/h2-6,11,13H,7-10H2,1H3,(H,19,21)(H,23,24)/b14-11+/t13-/m1/s1. The van der Waals surface area contributed by atoms with E-state index in [4.69, 9.17) is 17.3 Å². The molecule has 1 saturated heterocycles. The van der Waals surface area contributed by atoms with Crippen LogP contribution in [0.15, 0.2) is 35.2 Å². The molecule has 0 spiro atoms. The number of aliphatic carboxylic acids is 1. The van der Waals surface area contributed by atoms with Gasteiger partial charge >= 0.3 is 5.97 Å². The predicted octanol–water partition coefficient (Wildman–Crippen LogP) is 2.60. The van der Waals surface area contributed by atoms with E-state index in [9.17, 15) is 14.4 Å². The summed E-state index contributed by atoms with van der Waals surface area (Å²) >= 11 is 7.96. The molecule has 144 valence electrons. The number of hydrogen-bond acceptors (Lipinski definition) is 6. The van der Waals surface area contributed by atoms with Crippen LogP contribution >= 0.6 is 35.7 Å². The molecule has 0 saturated carbocycles. The number of carbonyl (C=O) groups excluding carboxylic acids is 2. The number of thiocarbonyl (C=S) groups is 1. The van der Waals surface area contributed by atoms with Gasteiger partial charge in [-0.05, 0) is 30.1 Å². The molecule has 9 heteroatoms. The number of nitrogens with one attached hydrogen (secondary N) is 1. The lowest BCUT2D eigenvalue weighted by molar-refractivity contribution is -0.142. The molecule has 0 bridgehead atoms. The third kappa shape index (κ3) is 6.37. The summed E-state index contributed by atoms with van der Waals surface area (Å²) in [5.74, 6) is -1.08. The highest BCUT2D eigenvalue weighted by Gasteiger charge is 2.32. The minimum Gasteiger partial charge on any atom is -0.480 e. The van der Waals surface area contributed by atoms with Gasteiger partial charge < -0.3 is 10.4 Å². The fraction of sp³-hybridized carbons (Fsp3) is 0.333. The maximum atomic E-state index is 12.5. The van der Waals surface area contributed by atoms with Gasteiger partial charge in [0.2, 0.25) is 5.91 Å². The molecule has 0 aromatic heterocycles. The maximum Gasteiger partial charge on any atom is 0.326 e. The van der Waals surface area contributed by atoms with Gasteiger partial charge in [-0.2, -0.15) is 11.8 Å². The molecule has 0 radical (unpaired) electrons. The van der Waals surface area contributed by atoms with Crippen LogP contribution in [-0.4, -0.2) is 56.7 Å². The Labute approximate surface area is 171 Å². The summed E-state index contributed by atoms with van der Waals surface area (Å²) in [5, 5.41) is 11.7. The van der Waals surface area contributed by atoms with Crippen molar-refractivity contribution in [3.63, 3.8) is 0 Å². The molecule has 1 aromatic carbocycles. The summed E-state index contributed by atoms with van der Waals surface area (Å²) in [7, 11) is 0. The van der Waals surface area contributed by atoms with Crippen LogP contribution in [0, 0.1) is 0 Å². The minimum absolute atomic E-state index is 0.00585. The second-order valence-corrected chi connectivity index (χ2v) is 8.40. The Morgan fingerprint density at radius 1 is 1.37 bits per heavy atom. The number of nitrogens with zero attached hydrogens (tertiary/aromatic N) is 1. The lowest BCUT2D eigenvalue weighted by Crippen LogP contribution is -2.42. The Kier molecular flexibility index (Phi) is 8.33. The van der Waals surface area contributed by atoms with Crippen molar-refractivity contribution in [1.82, 2.24) is 10.2 Å². The van der Waals surface area contributed by atoms with E-state index in [2.05, 4.69) is 5.32 Å². The van der Waals surface area contributed by atoms with Crippen molar-refractivity contribution in [2.45, 2.75) is 18.9 Å². The Morgan fingerprint density at radius 3 is 2.70 bits per heavy atom. The van der Waals surface area contributed by atoms with Crippen LogP contribution in [-0.2, 0) is 14.4 Å². The Balaban J connectivity index is 1.92. The number of carbonyl (C=O) groups is 3. The third-order valence-corrected chi connectivity index (χ3v) is 5.80. The highest BCUT2D eigenvalue weighted by Crippen LogP contribution is 2.32. The van der Waals surface area contributed by atoms with Crippen molar-refractivity contribution in [2.75, 3.05) is 18.6 Å². The zero-order chi connectivity index (χ0) is 19.8. The molecule has 2 rings (SSSR count). The monoisotopic (exact) mass is 424 g/mol. The Hall–Kier alpha value is -1.84. The lowest BCUT2D eigenvalue weighted by Gasteiger charge is -2.17. The Bertz CT molecular complexity index is 752. The van der Waals surface area contributed by atoms with Crippen LogP contribution in [0.3, 0.4) is 0 Å². The zero-order valence-electron chi connectivity index (χ0n) is 14.7. The zero-order valence-corrected chi connectivity index (χ0v) is 17.2. The SMILES string of the molecule is CSCC[C@@H](NC(=O)CCN1C(=O)/C(=C\c2ccccc2)SC1=S)C(=O)O. The molecular formula is C18H20N2O4S3. The molecule has 1 aromatic rings. The van der Waals surface area contributed by atoms with Gasteiger partial charge in [0.25, 0.3) is 5.91 Å². The summed E-state index contributed by atoms with van der Waals surface area (Å²) in [6, 6.07) is 8.51. The molecule has 1 fully saturated rings. The molecule has 0 aliphatic carbocycles. The van der Waals surface area contributed by atoms with Crippen LogP contribution in [0.5, 0.6) is 0 Å². The van der Waals surface area contributed by atoms with Gasteiger partial charge in [0.15, 0.2) is 0 Å². The highest BCUT2D eigenvalue weighted by molar-refractivity contribution is 8.26. The first-order valence-electron chi connectivity index (χ1n) is 8.24. The van der Waals surface area contributed by atoms with Gasteiger partial charge in [0.05, 0.1) is 4.91 Å². The van der Waals surface area contributed by atoms with E-state index in [-0.39, 0.29) is 18.9 Å². The summed E-state index contributed by atoms with van der Waals surface area (Å²) in [6.45, 7) is 0.123. The van der Waals surface area contributed by atoms with Crippen molar-refractivity contribution >= 4 is 63.9 Å². The van der Waals surface area contributed by atoms with E-state index in [1.165, 1.54) is 28.4 Å². The van der Waals surface area contributed by atoms with Crippen LogP contribution in [0.4, 0.5) is 0 Å². The fourth-order valence-electron chi connectivity index (χ4n) is 2.37. The maximum absolute atomic E-state index is 12.5. The van der Waals surface area contributed by atoms with Crippen molar-refractivity contribution in [3.05, 3.63) is 40.8 Å². The van der Waals surface area contributed by atoms with E-state index in [0.29, 0.717) is 21.4 Å².